The Morgan fingerprint density at radius 1 is 1.25 bits per heavy atom. The minimum atomic E-state index is 0.444. The van der Waals surface area contributed by atoms with Crippen LogP contribution in [0.2, 0.25) is 5.02 Å². The Morgan fingerprint density at radius 3 is 2.44 bits per heavy atom. The lowest BCUT2D eigenvalue weighted by molar-refractivity contribution is 0.464. The van der Waals surface area contributed by atoms with Crippen molar-refractivity contribution in [2.75, 3.05) is 7.05 Å². The van der Waals surface area contributed by atoms with E-state index in [1.807, 2.05) is 19.2 Å². The molecular weight excluding hydrogens is 218 g/mol. The van der Waals surface area contributed by atoms with Gasteiger partial charge in [0.05, 0.1) is 0 Å². The Labute approximate surface area is 104 Å². The maximum absolute atomic E-state index is 5.97. The molecule has 0 radical (unpaired) electrons. The fourth-order valence-corrected chi connectivity index (χ4v) is 2.21. The van der Waals surface area contributed by atoms with Gasteiger partial charge in [-0.05, 0) is 56.0 Å². The van der Waals surface area contributed by atoms with E-state index in [-0.39, 0.29) is 0 Å². The number of hydrogen-bond donors (Lipinski definition) is 1. The molecule has 1 nitrogen and oxygen atoms in total. The van der Waals surface area contributed by atoms with Crippen LogP contribution < -0.4 is 5.32 Å². The third-order valence-electron chi connectivity index (χ3n) is 2.99. The second-order valence-corrected chi connectivity index (χ2v) is 5.25. The summed E-state index contributed by atoms with van der Waals surface area (Å²) >= 11 is 5.97. The predicted octanol–water partition coefficient (Wildman–Crippen LogP) is 4.35. The summed E-state index contributed by atoms with van der Waals surface area (Å²) in [6, 6.07) is 6.60. The summed E-state index contributed by atoms with van der Waals surface area (Å²) in [5.74, 6) is 0.753. The van der Waals surface area contributed by atoms with Crippen LogP contribution >= 0.6 is 11.6 Å². The zero-order chi connectivity index (χ0) is 12.1. The van der Waals surface area contributed by atoms with Gasteiger partial charge in [-0.3, -0.25) is 0 Å². The Balaban J connectivity index is 2.78. The molecule has 0 aliphatic carbocycles. The molecule has 0 saturated carbocycles. The molecule has 1 N–H and O–H groups in total. The van der Waals surface area contributed by atoms with Crippen LogP contribution in [0.1, 0.15) is 43.9 Å². The van der Waals surface area contributed by atoms with E-state index in [2.05, 4.69) is 32.2 Å². The summed E-state index contributed by atoms with van der Waals surface area (Å²) in [6.07, 6.45) is 2.42. The van der Waals surface area contributed by atoms with Crippen molar-refractivity contribution in [3.63, 3.8) is 0 Å². The molecule has 0 spiro atoms. The third kappa shape index (κ3) is 3.80. The number of halogens is 1. The van der Waals surface area contributed by atoms with Crippen LogP contribution in [0.25, 0.3) is 0 Å². The molecule has 0 aromatic heterocycles. The van der Waals surface area contributed by atoms with Crippen molar-refractivity contribution in [3.05, 3.63) is 34.3 Å². The second-order valence-electron chi connectivity index (χ2n) is 4.81. The van der Waals surface area contributed by atoms with E-state index in [1.54, 1.807) is 0 Å². The largest absolute Gasteiger partial charge is 0.313 e. The molecule has 0 saturated heterocycles. The van der Waals surface area contributed by atoms with Gasteiger partial charge in [-0.25, -0.2) is 0 Å². The quantitative estimate of drug-likeness (QED) is 0.806. The molecule has 1 atom stereocenters. The van der Waals surface area contributed by atoms with Crippen molar-refractivity contribution in [1.82, 2.24) is 5.32 Å². The van der Waals surface area contributed by atoms with Crippen LogP contribution in [0.4, 0.5) is 0 Å². The van der Waals surface area contributed by atoms with E-state index < -0.39 is 0 Å². The second kappa shape index (κ2) is 6.27. The van der Waals surface area contributed by atoms with Gasteiger partial charge in [0.25, 0.3) is 0 Å². The summed E-state index contributed by atoms with van der Waals surface area (Å²) in [6.45, 7) is 6.66. The van der Waals surface area contributed by atoms with Gasteiger partial charge >= 0.3 is 0 Å². The summed E-state index contributed by atoms with van der Waals surface area (Å²) < 4.78 is 0. The van der Waals surface area contributed by atoms with Crippen molar-refractivity contribution < 1.29 is 0 Å². The molecule has 2 heteroatoms. The molecular formula is C14H22ClN. The minimum absolute atomic E-state index is 0.444. The summed E-state index contributed by atoms with van der Waals surface area (Å²) in [5, 5.41) is 4.21. The van der Waals surface area contributed by atoms with E-state index in [0.29, 0.717) is 6.04 Å². The average molecular weight is 240 g/mol. The van der Waals surface area contributed by atoms with Crippen LogP contribution in [0, 0.1) is 12.8 Å². The highest BCUT2D eigenvalue weighted by Gasteiger charge is 2.12. The van der Waals surface area contributed by atoms with Gasteiger partial charge in [-0.2, -0.15) is 0 Å². The molecule has 1 aromatic carbocycles. The molecule has 1 unspecified atom stereocenters. The number of nitrogens with one attached hydrogen (secondary N) is 1. The number of rotatable bonds is 5. The van der Waals surface area contributed by atoms with Crippen LogP contribution in [0.3, 0.4) is 0 Å². The summed E-state index contributed by atoms with van der Waals surface area (Å²) in [5.41, 5.74) is 2.64. The summed E-state index contributed by atoms with van der Waals surface area (Å²) in [7, 11) is 2.03. The zero-order valence-corrected chi connectivity index (χ0v) is 11.4. The minimum Gasteiger partial charge on any atom is -0.313 e. The van der Waals surface area contributed by atoms with Crippen LogP contribution in [-0.2, 0) is 0 Å². The van der Waals surface area contributed by atoms with Crippen molar-refractivity contribution in [2.24, 2.45) is 5.92 Å². The standard InChI is InChI=1S/C14H22ClN/c1-10(2)5-8-14(16-4)13-7-6-12(15)9-11(13)3/h6-7,9-10,14,16H,5,8H2,1-4H3. The maximum atomic E-state index is 5.97. The van der Waals surface area contributed by atoms with Gasteiger partial charge in [0.2, 0.25) is 0 Å². The molecule has 1 rings (SSSR count). The molecule has 16 heavy (non-hydrogen) atoms. The number of aryl methyl sites for hydroxylation is 1. The highest BCUT2D eigenvalue weighted by molar-refractivity contribution is 6.30. The SMILES string of the molecule is CNC(CCC(C)C)c1ccc(Cl)cc1C. The maximum Gasteiger partial charge on any atom is 0.0408 e. The van der Waals surface area contributed by atoms with E-state index in [1.165, 1.54) is 24.0 Å². The van der Waals surface area contributed by atoms with Gasteiger partial charge in [-0.1, -0.05) is 31.5 Å². The monoisotopic (exact) mass is 239 g/mol. The lowest BCUT2D eigenvalue weighted by atomic mass is 9.95. The average Bonchev–Trinajstić information content (AvgIpc) is 2.21. The first kappa shape index (κ1) is 13.5. The van der Waals surface area contributed by atoms with Gasteiger partial charge in [0.1, 0.15) is 0 Å². The fourth-order valence-electron chi connectivity index (χ4n) is 1.99. The van der Waals surface area contributed by atoms with Crippen molar-refractivity contribution >= 4 is 11.6 Å². The normalized spacial score (nSPS) is 13.1. The Bertz CT molecular complexity index is 334. The van der Waals surface area contributed by atoms with Gasteiger partial charge in [0.15, 0.2) is 0 Å². The predicted molar refractivity (Wildman–Crippen MR) is 72.1 cm³/mol. The molecule has 90 valence electrons. The first-order chi connectivity index (χ1) is 7.54. The smallest absolute Gasteiger partial charge is 0.0408 e. The molecule has 0 aliphatic rings. The van der Waals surface area contributed by atoms with Crippen LogP contribution in [0.15, 0.2) is 18.2 Å². The molecule has 0 fully saturated rings. The Hall–Kier alpha value is -0.530. The Morgan fingerprint density at radius 2 is 1.94 bits per heavy atom. The zero-order valence-electron chi connectivity index (χ0n) is 10.7. The third-order valence-corrected chi connectivity index (χ3v) is 3.22. The highest BCUT2D eigenvalue weighted by Crippen LogP contribution is 2.25. The lowest BCUT2D eigenvalue weighted by Gasteiger charge is -2.20. The van der Waals surface area contributed by atoms with E-state index in [0.717, 1.165) is 10.9 Å². The molecule has 0 bridgehead atoms. The van der Waals surface area contributed by atoms with Gasteiger partial charge < -0.3 is 5.32 Å². The fraction of sp³-hybridized carbons (Fsp3) is 0.571. The van der Waals surface area contributed by atoms with Gasteiger partial charge in [0, 0.05) is 11.1 Å². The molecule has 1 aromatic rings. The summed E-state index contributed by atoms with van der Waals surface area (Å²) in [4.78, 5) is 0. The van der Waals surface area contributed by atoms with Crippen molar-refractivity contribution in [2.45, 2.75) is 39.7 Å². The topological polar surface area (TPSA) is 12.0 Å². The van der Waals surface area contributed by atoms with Crippen LogP contribution in [-0.4, -0.2) is 7.05 Å². The molecule has 0 heterocycles. The van der Waals surface area contributed by atoms with Gasteiger partial charge in [-0.15, -0.1) is 0 Å². The van der Waals surface area contributed by atoms with E-state index in [4.69, 9.17) is 11.6 Å². The van der Waals surface area contributed by atoms with Crippen molar-refractivity contribution in [3.8, 4) is 0 Å². The highest BCUT2D eigenvalue weighted by atomic mass is 35.5. The van der Waals surface area contributed by atoms with E-state index in [9.17, 15) is 0 Å². The van der Waals surface area contributed by atoms with Crippen molar-refractivity contribution in [1.29, 1.82) is 0 Å². The lowest BCUT2D eigenvalue weighted by Crippen LogP contribution is -2.18. The Kier molecular flexibility index (Phi) is 5.30. The number of benzene rings is 1. The first-order valence-corrected chi connectivity index (χ1v) is 6.35. The first-order valence-electron chi connectivity index (χ1n) is 5.98. The number of hydrogen-bond acceptors (Lipinski definition) is 1. The van der Waals surface area contributed by atoms with E-state index >= 15 is 0 Å². The molecule has 0 amide bonds. The molecule has 0 aliphatic heterocycles. The van der Waals surface area contributed by atoms with Crippen LogP contribution in [0.5, 0.6) is 0 Å².